The van der Waals surface area contributed by atoms with Gasteiger partial charge in [-0.2, -0.15) is 5.26 Å². The number of halogens is 1. The first-order valence-corrected chi connectivity index (χ1v) is 11.7. The van der Waals surface area contributed by atoms with Crippen molar-refractivity contribution < 1.29 is 4.79 Å². The van der Waals surface area contributed by atoms with Crippen molar-refractivity contribution in [2.75, 3.05) is 18.0 Å². The van der Waals surface area contributed by atoms with Crippen LogP contribution in [0.5, 0.6) is 0 Å². The molecule has 1 saturated heterocycles. The molecule has 1 amide bonds. The van der Waals surface area contributed by atoms with Gasteiger partial charge in [0.1, 0.15) is 0 Å². The molecule has 2 aromatic carbocycles. The van der Waals surface area contributed by atoms with Gasteiger partial charge in [-0.1, -0.05) is 43.5 Å². The van der Waals surface area contributed by atoms with Crippen molar-refractivity contribution in [1.82, 2.24) is 14.5 Å². The summed E-state index contributed by atoms with van der Waals surface area (Å²) in [4.78, 5) is 21.6. The van der Waals surface area contributed by atoms with Crippen molar-refractivity contribution >= 4 is 23.2 Å². The number of anilines is 1. The standard InChI is InChI=1S/C26H28ClN5O/c1-2-3-4-24-17-32(23-11-9-22(27)10-12-23)26(33)18-30(24)16-25-14-29-19-31(25)15-21-7-5-20(13-28)6-8-21/h5-12,14,19,24H,2-4,15-18H2,1H3/t24-/m0/s1. The SMILES string of the molecule is CCCC[C@H]1CN(c2ccc(Cl)cc2)C(=O)CN1Cc1cncn1Cc1ccc(C#N)cc1. The predicted molar refractivity (Wildman–Crippen MR) is 130 cm³/mol. The van der Waals surface area contributed by atoms with E-state index in [0.29, 0.717) is 36.8 Å². The van der Waals surface area contributed by atoms with Crippen molar-refractivity contribution in [3.63, 3.8) is 0 Å². The van der Waals surface area contributed by atoms with E-state index in [2.05, 4.69) is 27.4 Å². The topological polar surface area (TPSA) is 65.2 Å². The van der Waals surface area contributed by atoms with Crippen LogP contribution < -0.4 is 4.90 Å². The quantitative estimate of drug-likeness (QED) is 0.480. The maximum Gasteiger partial charge on any atom is 0.241 e. The third-order valence-corrected chi connectivity index (χ3v) is 6.43. The summed E-state index contributed by atoms with van der Waals surface area (Å²) in [5, 5.41) is 9.68. The molecule has 1 fully saturated rings. The summed E-state index contributed by atoms with van der Waals surface area (Å²) in [5.41, 5.74) is 3.74. The molecule has 3 aromatic rings. The lowest BCUT2D eigenvalue weighted by Gasteiger charge is -2.41. The molecule has 0 unspecified atom stereocenters. The summed E-state index contributed by atoms with van der Waals surface area (Å²) in [6.07, 6.45) is 7.00. The maximum absolute atomic E-state index is 13.1. The zero-order valence-corrected chi connectivity index (χ0v) is 19.6. The molecular formula is C26H28ClN5O. The zero-order chi connectivity index (χ0) is 23.2. The molecule has 170 valence electrons. The van der Waals surface area contributed by atoms with Crippen LogP contribution in [0.2, 0.25) is 5.02 Å². The number of carbonyl (C=O) groups is 1. The van der Waals surface area contributed by atoms with E-state index in [4.69, 9.17) is 16.9 Å². The van der Waals surface area contributed by atoms with E-state index >= 15 is 0 Å². The number of hydrogen-bond donors (Lipinski definition) is 0. The molecule has 4 rings (SSSR count). The van der Waals surface area contributed by atoms with Gasteiger partial charge in [0.2, 0.25) is 5.91 Å². The predicted octanol–water partition coefficient (Wildman–Crippen LogP) is 4.86. The first-order chi connectivity index (χ1) is 16.1. The number of piperazine rings is 1. The molecule has 0 aliphatic carbocycles. The van der Waals surface area contributed by atoms with Crippen LogP contribution in [-0.2, 0) is 17.9 Å². The summed E-state index contributed by atoms with van der Waals surface area (Å²) >= 11 is 6.04. The molecule has 0 N–H and O–H groups in total. The number of amides is 1. The average Bonchev–Trinajstić information content (AvgIpc) is 3.26. The van der Waals surface area contributed by atoms with Crippen LogP contribution in [0.25, 0.3) is 0 Å². The Balaban J connectivity index is 1.49. The van der Waals surface area contributed by atoms with E-state index in [9.17, 15) is 4.79 Å². The molecule has 7 heteroatoms. The summed E-state index contributed by atoms with van der Waals surface area (Å²) in [6, 6.07) is 17.5. The Morgan fingerprint density at radius 3 is 2.58 bits per heavy atom. The van der Waals surface area contributed by atoms with Gasteiger partial charge >= 0.3 is 0 Å². The number of rotatable bonds is 8. The van der Waals surface area contributed by atoms with Gasteiger partial charge in [-0.3, -0.25) is 9.69 Å². The molecule has 1 aliphatic rings. The Kier molecular flexibility index (Phi) is 7.43. The minimum atomic E-state index is 0.100. The van der Waals surface area contributed by atoms with Gasteiger partial charge in [-0.15, -0.1) is 0 Å². The fourth-order valence-electron chi connectivity index (χ4n) is 4.30. The lowest BCUT2D eigenvalue weighted by atomic mass is 10.0. The highest BCUT2D eigenvalue weighted by atomic mass is 35.5. The number of nitrogens with zero attached hydrogens (tertiary/aromatic N) is 5. The number of unbranched alkanes of at least 4 members (excludes halogenated alkanes) is 1. The second-order valence-electron chi connectivity index (χ2n) is 8.50. The van der Waals surface area contributed by atoms with Crippen molar-refractivity contribution in [3.05, 3.63) is 82.9 Å². The fraction of sp³-hybridized carbons (Fsp3) is 0.346. The van der Waals surface area contributed by atoms with Gasteiger partial charge < -0.3 is 9.47 Å². The number of aromatic nitrogens is 2. The number of imidazole rings is 1. The van der Waals surface area contributed by atoms with Crippen molar-refractivity contribution in [2.45, 2.75) is 45.3 Å². The highest BCUT2D eigenvalue weighted by Gasteiger charge is 2.33. The second kappa shape index (κ2) is 10.7. The summed E-state index contributed by atoms with van der Waals surface area (Å²) in [5.74, 6) is 0.100. The van der Waals surface area contributed by atoms with Crippen LogP contribution in [0.3, 0.4) is 0 Å². The molecule has 0 saturated carbocycles. The van der Waals surface area contributed by atoms with Crippen molar-refractivity contribution in [1.29, 1.82) is 5.26 Å². The van der Waals surface area contributed by atoms with E-state index in [1.807, 2.05) is 66.0 Å². The van der Waals surface area contributed by atoms with E-state index in [-0.39, 0.29) is 11.9 Å². The minimum absolute atomic E-state index is 0.100. The normalized spacial score (nSPS) is 16.7. The fourth-order valence-corrected chi connectivity index (χ4v) is 4.42. The minimum Gasteiger partial charge on any atom is -0.329 e. The van der Waals surface area contributed by atoms with Gasteiger partial charge in [0, 0.05) is 42.6 Å². The molecule has 0 radical (unpaired) electrons. The maximum atomic E-state index is 13.1. The van der Waals surface area contributed by atoms with Gasteiger partial charge in [-0.25, -0.2) is 4.98 Å². The highest BCUT2D eigenvalue weighted by molar-refractivity contribution is 6.30. The number of nitriles is 1. The number of hydrogen-bond acceptors (Lipinski definition) is 4. The summed E-state index contributed by atoms with van der Waals surface area (Å²) in [7, 11) is 0. The second-order valence-corrected chi connectivity index (χ2v) is 8.94. The lowest BCUT2D eigenvalue weighted by Crippen LogP contribution is -2.56. The Bertz CT molecular complexity index is 1120. The van der Waals surface area contributed by atoms with E-state index in [1.54, 1.807) is 0 Å². The first kappa shape index (κ1) is 23.0. The molecule has 1 aromatic heterocycles. The van der Waals surface area contributed by atoms with Crippen LogP contribution in [0, 0.1) is 11.3 Å². The van der Waals surface area contributed by atoms with Gasteiger partial charge in [0.25, 0.3) is 0 Å². The highest BCUT2D eigenvalue weighted by Crippen LogP contribution is 2.25. The lowest BCUT2D eigenvalue weighted by molar-refractivity contribution is -0.122. The molecular weight excluding hydrogens is 434 g/mol. The Morgan fingerprint density at radius 1 is 1.12 bits per heavy atom. The molecule has 0 spiro atoms. The van der Waals surface area contributed by atoms with E-state index < -0.39 is 0 Å². The Hall–Kier alpha value is -3.14. The molecule has 6 nitrogen and oxygen atoms in total. The van der Waals surface area contributed by atoms with Crippen LogP contribution in [0.4, 0.5) is 5.69 Å². The van der Waals surface area contributed by atoms with Crippen LogP contribution >= 0.6 is 11.6 Å². The van der Waals surface area contributed by atoms with Gasteiger partial charge in [0.15, 0.2) is 0 Å². The zero-order valence-electron chi connectivity index (χ0n) is 18.8. The average molecular weight is 462 g/mol. The third-order valence-electron chi connectivity index (χ3n) is 6.18. The Labute approximate surface area is 200 Å². The van der Waals surface area contributed by atoms with Crippen LogP contribution in [0.15, 0.2) is 61.1 Å². The summed E-state index contributed by atoms with van der Waals surface area (Å²) < 4.78 is 2.12. The molecule has 1 atom stereocenters. The van der Waals surface area contributed by atoms with Crippen molar-refractivity contribution in [3.8, 4) is 6.07 Å². The molecule has 0 bridgehead atoms. The van der Waals surface area contributed by atoms with E-state index in [0.717, 1.165) is 36.2 Å². The van der Waals surface area contributed by atoms with Crippen LogP contribution in [0.1, 0.15) is 43.0 Å². The van der Waals surface area contributed by atoms with Gasteiger partial charge in [-0.05, 0) is 48.4 Å². The Morgan fingerprint density at radius 2 is 1.88 bits per heavy atom. The van der Waals surface area contributed by atoms with E-state index in [1.165, 1.54) is 0 Å². The van der Waals surface area contributed by atoms with Crippen LogP contribution in [-0.4, -0.2) is 39.5 Å². The third kappa shape index (κ3) is 5.62. The number of carbonyl (C=O) groups excluding carboxylic acids is 1. The molecule has 1 aliphatic heterocycles. The van der Waals surface area contributed by atoms with Crippen molar-refractivity contribution in [2.24, 2.45) is 0 Å². The molecule has 2 heterocycles. The van der Waals surface area contributed by atoms with Gasteiger partial charge in [0.05, 0.1) is 30.2 Å². The first-order valence-electron chi connectivity index (χ1n) is 11.4. The summed E-state index contributed by atoms with van der Waals surface area (Å²) in [6.45, 7) is 4.59. The molecule has 33 heavy (non-hydrogen) atoms. The number of benzene rings is 2. The largest absolute Gasteiger partial charge is 0.329 e. The smallest absolute Gasteiger partial charge is 0.241 e. The monoisotopic (exact) mass is 461 g/mol.